The van der Waals surface area contributed by atoms with Crippen molar-refractivity contribution in [3.63, 3.8) is 0 Å². The zero-order chi connectivity index (χ0) is 17.3. The minimum atomic E-state index is -0.0809. The molecule has 1 aliphatic rings. The van der Waals surface area contributed by atoms with Crippen LogP contribution in [0.15, 0.2) is 30.3 Å². The highest BCUT2D eigenvalue weighted by Crippen LogP contribution is 2.33. The molecule has 1 aliphatic heterocycles. The molecule has 1 atom stereocenters. The number of aromatic nitrogens is 2. The predicted octanol–water partition coefficient (Wildman–Crippen LogP) is 3.20. The molecule has 1 unspecified atom stereocenters. The summed E-state index contributed by atoms with van der Waals surface area (Å²) in [5.74, 6) is 0.227. The van der Waals surface area contributed by atoms with E-state index in [1.807, 2.05) is 31.6 Å². The van der Waals surface area contributed by atoms with Gasteiger partial charge in [-0.1, -0.05) is 30.3 Å². The van der Waals surface area contributed by atoms with Gasteiger partial charge >= 0.3 is 0 Å². The van der Waals surface area contributed by atoms with Crippen LogP contribution in [0.1, 0.15) is 42.3 Å². The van der Waals surface area contributed by atoms with Crippen molar-refractivity contribution >= 4 is 5.91 Å². The van der Waals surface area contributed by atoms with Crippen LogP contribution in [0, 0.1) is 13.8 Å². The van der Waals surface area contributed by atoms with Gasteiger partial charge in [0, 0.05) is 30.4 Å². The van der Waals surface area contributed by atoms with Gasteiger partial charge in [0.15, 0.2) is 0 Å². The van der Waals surface area contributed by atoms with E-state index in [1.165, 1.54) is 5.56 Å². The fourth-order valence-corrected chi connectivity index (χ4v) is 3.99. The maximum absolute atomic E-state index is 13.0. The average Bonchev–Trinajstić information content (AvgIpc) is 3.03. The van der Waals surface area contributed by atoms with Gasteiger partial charge in [0.05, 0.1) is 12.1 Å². The summed E-state index contributed by atoms with van der Waals surface area (Å²) in [6.45, 7) is 7.12. The van der Waals surface area contributed by atoms with Crippen LogP contribution in [0.2, 0.25) is 0 Å². The zero-order valence-electron chi connectivity index (χ0n) is 15.2. The molecule has 0 N–H and O–H groups in total. The summed E-state index contributed by atoms with van der Waals surface area (Å²) in [7, 11) is 1.94. The molecule has 4 heteroatoms. The van der Waals surface area contributed by atoms with Crippen LogP contribution in [0.4, 0.5) is 0 Å². The third-order valence-electron chi connectivity index (χ3n) is 5.46. The van der Waals surface area contributed by atoms with Crippen molar-refractivity contribution in [1.29, 1.82) is 0 Å². The molecule has 4 nitrogen and oxygen atoms in total. The van der Waals surface area contributed by atoms with Crippen molar-refractivity contribution in [1.82, 2.24) is 14.7 Å². The molecule has 1 fully saturated rings. The van der Waals surface area contributed by atoms with Gasteiger partial charge in [0.1, 0.15) is 0 Å². The van der Waals surface area contributed by atoms with Gasteiger partial charge in [-0.25, -0.2) is 0 Å². The van der Waals surface area contributed by atoms with E-state index in [2.05, 4.69) is 41.2 Å². The van der Waals surface area contributed by atoms with E-state index in [4.69, 9.17) is 0 Å². The molecule has 1 amide bonds. The minimum absolute atomic E-state index is 0.0809. The lowest BCUT2D eigenvalue weighted by molar-refractivity contribution is -0.134. The van der Waals surface area contributed by atoms with E-state index < -0.39 is 0 Å². The van der Waals surface area contributed by atoms with Gasteiger partial charge in [0.2, 0.25) is 5.91 Å². The second-order valence-electron chi connectivity index (χ2n) is 7.26. The first-order valence-electron chi connectivity index (χ1n) is 8.74. The van der Waals surface area contributed by atoms with Crippen LogP contribution in [0.3, 0.4) is 0 Å². The number of hydrogen-bond acceptors (Lipinski definition) is 2. The third-order valence-corrected chi connectivity index (χ3v) is 5.46. The minimum Gasteiger partial charge on any atom is -0.337 e. The molecule has 0 bridgehead atoms. The number of benzene rings is 1. The Labute approximate surface area is 144 Å². The van der Waals surface area contributed by atoms with Crippen molar-refractivity contribution in [2.45, 2.75) is 52.0 Å². The molecule has 1 aromatic carbocycles. The van der Waals surface area contributed by atoms with Crippen molar-refractivity contribution < 1.29 is 4.79 Å². The Hall–Kier alpha value is -2.10. The molecule has 24 heavy (non-hydrogen) atoms. The van der Waals surface area contributed by atoms with Gasteiger partial charge in [-0.2, -0.15) is 5.10 Å². The Morgan fingerprint density at radius 2 is 1.96 bits per heavy atom. The van der Waals surface area contributed by atoms with Gasteiger partial charge < -0.3 is 4.90 Å². The quantitative estimate of drug-likeness (QED) is 0.866. The fraction of sp³-hybridized carbons (Fsp3) is 0.500. The number of rotatable bonds is 4. The molecule has 0 spiro atoms. The second kappa shape index (κ2) is 6.42. The van der Waals surface area contributed by atoms with Crippen molar-refractivity contribution in [3.05, 3.63) is 52.8 Å². The smallest absolute Gasteiger partial charge is 0.227 e. The highest BCUT2D eigenvalue weighted by Gasteiger charge is 2.39. The fourth-order valence-electron chi connectivity index (χ4n) is 3.99. The van der Waals surface area contributed by atoms with Gasteiger partial charge in [-0.15, -0.1) is 0 Å². The van der Waals surface area contributed by atoms with Crippen LogP contribution in [-0.2, 0) is 24.7 Å². The molecular formula is C20H27N3O. The summed E-state index contributed by atoms with van der Waals surface area (Å²) in [6, 6.07) is 10.5. The highest BCUT2D eigenvalue weighted by atomic mass is 16.2. The average molecular weight is 325 g/mol. The Balaban J connectivity index is 1.78. The van der Waals surface area contributed by atoms with Crippen LogP contribution < -0.4 is 0 Å². The maximum Gasteiger partial charge on any atom is 0.227 e. The Kier molecular flexibility index (Phi) is 4.48. The summed E-state index contributed by atoms with van der Waals surface area (Å²) in [5.41, 5.74) is 4.35. The summed E-state index contributed by atoms with van der Waals surface area (Å²) >= 11 is 0. The summed E-state index contributed by atoms with van der Waals surface area (Å²) < 4.78 is 1.87. The van der Waals surface area contributed by atoms with E-state index in [1.54, 1.807) is 0 Å². The van der Waals surface area contributed by atoms with Gasteiger partial charge in [-0.3, -0.25) is 9.48 Å². The summed E-state index contributed by atoms with van der Waals surface area (Å²) in [6.07, 6.45) is 3.53. The Morgan fingerprint density at radius 3 is 2.58 bits per heavy atom. The number of likely N-dealkylation sites (tertiary alicyclic amines) is 1. The molecule has 0 radical (unpaired) electrons. The van der Waals surface area contributed by atoms with Crippen LogP contribution in [-0.4, -0.2) is 32.7 Å². The molecule has 1 aromatic heterocycles. The molecule has 128 valence electrons. The number of hydrogen-bond donors (Lipinski definition) is 0. The molecule has 0 aliphatic carbocycles. The van der Waals surface area contributed by atoms with Crippen molar-refractivity contribution in [2.24, 2.45) is 7.05 Å². The van der Waals surface area contributed by atoms with E-state index in [-0.39, 0.29) is 11.4 Å². The largest absolute Gasteiger partial charge is 0.337 e. The van der Waals surface area contributed by atoms with Crippen molar-refractivity contribution in [3.8, 4) is 0 Å². The summed E-state index contributed by atoms with van der Waals surface area (Å²) in [4.78, 5) is 15.1. The van der Waals surface area contributed by atoms with E-state index in [9.17, 15) is 4.79 Å². The SMILES string of the molecule is Cc1nn(C)c(C)c1CC(=O)N1CCCC1(C)Cc1ccccc1. The lowest BCUT2D eigenvalue weighted by Gasteiger charge is -2.36. The molecule has 1 saturated heterocycles. The number of carbonyl (C=O) groups excluding carboxylic acids is 1. The van der Waals surface area contributed by atoms with Crippen LogP contribution >= 0.6 is 0 Å². The Morgan fingerprint density at radius 1 is 1.25 bits per heavy atom. The predicted molar refractivity (Wildman–Crippen MR) is 95.9 cm³/mol. The normalized spacial score (nSPS) is 20.6. The van der Waals surface area contributed by atoms with Crippen LogP contribution in [0.25, 0.3) is 0 Å². The number of amides is 1. The van der Waals surface area contributed by atoms with E-state index >= 15 is 0 Å². The molecule has 2 aromatic rings. The number of aryl methyl sites for hydroxylation is 2. The molecule has 2 heterocycles. The van der Waals surface area contributed by atoms with Crippen LogP contribution in [0.5, 0.6) is 0 Å². The summed E-state index contributed by atoms with van der Waals surface area (Å²) in [5, 5.41) is 4.44. The first-order chi connectivity index (χ1) is 11.4. The third kappa shape index (κ3) is 3.10. The Bertz CT molecular complexity index is 735. The molecule has 3 rings (SSSR count). The first kappa shape index (κ1) is 16.7. The lowest BCUT2D eigenvalue weighted by Crippen LogP contribution is -2.47. The first-order valence-corrected chi connectivity index (χ1v) is 8.74. The second-order valence-corrected chi connectivity index (χ2v) is 7.26. The highest BCUT2D eigenvalue weighted by molar-refractivity contribution is 5.80. The lowest BCUT2D eigenvalue weighted by atomic mass is 9.90. The molecule has 0 saturated carbocycles. The zero-order valence-corrected chi connectivity index (χ0v) is 15.2. The number of carbonyl (C=O) groups is 1. The van der Waals surface area contributed by atoms with E-state index in [0.29, 0.717) is 6.42 Å². The maximum atomic E-state index is 13.0. The standard InChI is InChI=1S/C20H27N3O/c1-15-18(16(2)22(4)21-15)13-19(24)23-12-8-11-20(23,3)14-17-9-6-5-7-10-17/h5-7,9-10H,8,11-14H2,1-4H3. The molecular weight excluding hydrogens is 298 g/mol. The topological polar surface area (TPSA) is 38.1 Å². The van der Waals surface area contributed by atoms with Gasteiger partial charge in [0.25, 0.3) is 0 Å². The monoisotopic (exact) mass is 325 g/mol. The van der Waals surface area contributed by atoms with Gasteiger partial charge in [-0.05, 0) is 45.6 Å². The van der Waals surface area contributed by atoms with E-state index in [0.717, 1.165) is 42.8 Å². The number of nitrogens with zero attached hydrogens (tertiary/aromatic N) is 3. The van der Waals surface area contributed by atoms with Crippen molar-refractivity contribution in [2.75, 3.05) is 6.54 Å².